The number of aliphatic hydroxyl groups excluding tert-OH is 1. The number of nitrogen functional groups attached to an aromatic ring is 1. The third-order valence-corrected chi connectivity index (χ3v) is 2.22. The Kier molecular flexibility index (Phi) is 3.92. The second-order valence-electron chi connectivity index (χ2n) is 3.74. The van der Waals surface area contributed by atoms with Crippen LogP contribution in [-0.4, -0.2) is 30.6 Å². The van der Waals surface area contributed by atoms with E-state index in [1.807, 2.05) is 32.3 Å². The van der Waals surface area contributed by atoms with E-state index in [0.717, 1.165) is 29.8 Å². The molecule has 0 aliphatic rings. The van der Waals surface area contributed by atoms with E-state index in [9.17, 15) is 0 Å². The first-order valence-electron chi connectivity index (χ1n) is 4.76. The predicted molar refractivity (Wildman–Crippen MR) is 59.0 cm³/mol. The Morgan fingerprint density at radius 3 is 2.64 bits per heavy atom. The van der Waals surface area contributed by atoms with Crippen molar-refractivity contribution in [3.63, 3.8) is 0 Å². The number of likely N-dealkylation sites (N-methyl/N-ethyl adjacent to an activating group) is 1. The Balaban J connectivity index is 2.73. The summed E-state index contributed by atoms with van der Waals surface area (Å²) in [6.07, 6.45) is 0.923. The van der Waals surface area contributed by atoms with Crippen LogP contribution in [0.25, 0.3) is 0 Å². The summed E-state index contributed by atoms with van der Waals surface area (Å²) in [5.41, 5.74) is 8.68. The number of hydrogen-bond donors (Lipinski definition) is 2. The fraction of sp³-hybridized carbons (Fsp3) is 0.455. The smallest absolute Gasteiger partial charge is 0.0681 e. The van der Waals surface area contributed by atoms with Crippen molar-refractivity contribution >= 4 is 5.69 Å². The van der Waals surface area contributed by atoms with Crippen molar-refractivity contribution in [1.29, 1.82) is 0 Å². The van der Waals surface area contributed by atoms with E-state index in [1.54, 1.807) is 0 Å². The molecular weight excluding hydrogens is 176 g/mol. The van der Waals surface area contributed by atoms with E-state index in [-0.39, 0.29) is 6.61 Å². The van der Waals surface area contributed by atoms with Gasteiger partial charge in [0.25, 0.3) is 0 Å². The van der Waals surface area contributed by atoms with Gasteiger partial charge in [0.1, 0.15) is 0 Å². The molecule has 0 unspecified atom stereocenters. The van der Waals surface area contributed by atoms with Crippen LogP contribution in [0.2, 0.25) is 0 Å². The number of hydrogen-bond acceptors (Lipinski definition) is 3. The van der Waals surface area contributed by atoms with Crippen LogP contribution in [-0.2, 0) is 13.0 Å². The monoisotopic (exact) mass is 194 g/mol. The van der Waals surface area contributed by atoms with E-state index in [1.165, 1.54) is 0 Å². The van der Waals surface area contributed by atoms with Gasteiger partial charge in [-0.3, -0.25) is 0 Å². The zero-order valence-electron chi connectivity index (χ0n) is 8.83. The molecule has 0 aliphatic carbocycles. The molecule has 0 atom stereocenters. The van der Waals surface area contributed by atoms with E-state index in [0.29, 0.717) is 0 Å². The Hall–Kier alpha value is -1.06. The Bertz CT molecular complexity index is 297. The molecule has 0 radical (unpaired) electrons. The summed E-state index contributed by atoms with van der Waals surface area (Å²) >= 11 is 0. The lowest BCUT2D eigenvalue weighted by atomic mass is 10.1. The highest BCUT2D eigenvalue weighted by Gasteiger charge is 2.01. The molecule has 1 aromatic carbocycles. The standard InChI is InChI=1S/C11H18N2O/c1-13(2)6-5-10-7-9(8-14)3-4-11(10)12/h3-4,7,14H,5-6,8,12H2,1-2H3. The fourth-order valence-corrected chi connectivity index (χ4v) is 1.32. The van der Waals surface area contributed by atoms with Crippen LogP contribution in [0.5, 0.6) is 0 Å². The maximum atomic E-state index is 8.98. The van der Waals surface area contributed by atoms with Crippen molar-refractivity contribution < 1.29 is 5.11 Å². The second-order valence-corrected chi connectivity index (χ2v) is 3.74. The van der Waals surface area contributed by atoms with Crippen LogP contribution in [0.4, 0.5) is 5.69 Å². The first kappa shape index (κ1) is 11.0. The highest BCUT2D eigenvalue weighted by Crippen LogP contribution is 2.15. The number of aliphatic hydroxyl groups is 1. The number of benzene rings is 1. The van der Waals surface area contributed by atoms with Gasteiger partial charge < -0.3 is 15.7 Å². The molecule has 0 heterocycles. The van der Waals surface area contributed by atoms with Crippen molar-refractivity contribution in [2.75, 3.05) is 26.4 Å². The number of nitrogens with two attached hydrogens (primary N) is 1. The number of nitrogens with zero attached hydrogens (tertiary/aromatic N) is 1. The van der Waals surface area contributed by atoms with Crippen molar-refractivity contribution in [1.82, 2.24) is 4.90 Å². The van der Waals surface area contributed by atoms with Gasteiger partial charge in [-0.25, -0.2) is 0 Å². The molecule has 1 rings (SSSR count). The predicted octanol–water partition coefficient (Wildman–Crippen LogP) is 0.865. The van der Waals surface area contributed by atoms with Crippen LogP contribution < -0.4 is 5.73 Å². The molecule has 0 aliphatic heterocycles. The van der Waals surface area contributed by atoms with Gasteiger partial charge in [0, 0.05) is 12.2 Å². The third kappa shape index (κ3) is 3.01. The minimum atomic E-state index is 0.0786. The molecular formula is C11H18N2O. The van der Waals surface area contributed by atoms with Crippen molar-refractivity contribution in [2.45, 2.75) is 13.0 Å². The number of anilines is 1. The third-order valence-electron chi connectivity index (χ3n) is 2.22. The van der Waals surface area contributed by atoms with Gasteiger partial charge in [-0.05, 0) is 37.7 Å². The van der Waals surface area contributed by atoms with Gasteiger partial charge in [-0.1, -0.05) is 12.1 Å². The Labute approximate surface area is 85.2 Å². The highest BCUT2D eigenvalue weighted by molar-refractivity contribution is 5.48. The van der Waals surface area contributed by atoms with Gasteiger partial charge in [0.2, 0.25) is 0 Å². The molecule has 0 saturated carbocycles. The molecule has 3 heteroatoms. The minimum absolute atomic E-state index is 0.0786. The lowest BCUT2D eigenvalue weighted by Gasteiger charge is -2.11. The van der Waals surface area contributed by atoms with Crippen molar-refractivity contribution in [3.05, 3.63) is 29.3 Å². The van der Waals surface area contributed by atoms with E-state index >= 15 is 0 Å². The normalized spacial score (nSPS) is 10.9. The average Bonchev–Trinajstić information content (AvgIpc) is 2.16. The van der Waals surface area contributed by atoms with Crippen LogP contribution in [0.1, 0.15) is 11.1 Å². The zero-order chi connectivity index (χ0) is 10.6. The molecule has 0 fully saturated rings. The Morgan fingerprint density at radius 2 is 2.07 bits per heavy atom. The quantitative estimate of drug-likeness (QED) is 0.699. The molecule has 0 saturated heterocycles. The summed E-state index contributed by atoms with van der Waals surface area (Å²) in [4.78, 5) is 2.12. The summed E-state index contributed by atoms with van der Waals surface area (Å²) in [5, 5.41) is 8.98. The first-order chi connectivity index (χ1) is 6.63. The summed E-state index contributed by atoms with van der Waals surface area (Å²) < 4.78 is 0. The molecule has 14 heavy (non-hydrogen) atoms. The Morgan fingerprint density at radius 1 is 1.36 bits per heavy atom. The van der Waals surface area contributed by atoms with Gasteiger partial charge >= 0.3 is 0 Å². The summed E-state index contributed by atoms with van der Waals surface area (Å²) in [7, 11) is 4.07. The van der Waals surface area contributed by atoms with Crippen LogP contribution in [0.3, 0.4) is 0 Å². The molecule has 78 valence electrons. The van der Waals surface area contributed by atoms with Crippen molar-refractivity contribution in [3.8, 4) is 0 Å². The number of rotatable bonds is 4. The maximum Gasteiger partial charge on any atom is 0.0681 e. The molecule has 0 spiro atoms. The lowest BCUT2D eigenvalue weighted by molar-refractivity contribution is 0.281. The largest absolute Gasteiger partial charge is 0.399 e. The molecule has 3 N–H and O–H groups in total. The van der Waals surface area contributed by atoms with Crippen molar-refractivity contribution in [2.24, 2.45) is 0 Å². The molecule has 0 aromatic heterocycles. The second kappa shape index (κ2) is 4.98. The SMILES string of the molecule is CN(C)CCc1cc(CO)ccc1N. The van der Waals surface area contributed by atoms with E-state index in [2.05, 4.69) is 4.90 Å². The molecule has 0 bridgehead atoms. The maximum absolute atomic E-state index is 8.98. The summed E-state index contributed by atoms with van der Waals surface area (Å²) in [6, 6.07) is 5.68. The topological polar surface area (TPSA) is 49.5 Å². The average molecular weight is 194 g/mol. The summed E-state index contributed by atoms with van der Waals surface area (Å²) in [6.45, 7) is 1.05. The summed E-state index contributed by atoms with van der Waals surface area (Å²) in [5.74, 6) is 0. The first-order valence-corrected chi connectivity index (χ1v) is 4.76. The van der Waals surface area contributed by atoms with Gasteiger partial charge in [0.15, 0.2) is 0 Å². The molecule has 3 nitrogen and oxygen atoms in total. The lowest BCUT2D eigenvalue weighted by Crippen LogP contribution is -2.15. The minimum Gasteiger partial charge on any atom is -0.399 e. The molecule has 0 amide bonds. The fourth-order valence-electron chi connectivity index (χ4n) is 1.32. The van der Waals surface area contributed by atoms with Gasteiger partial charge in [-0.2, -0.15) is 0 Å². The van der Waals surface area contributed by atoms with E-state index in [4.69, 9.17) is 10.8 Å². The molecule has 1 aromatic rings. The van der Waals surface area contributed by atoms with Gasteiger partial charge in [0.05, 0.1) is 6.61 Å². The van der Waals surface area contributed by atoms with Crippen LogP contribution >= 0.6 is 0 Å². The van der Waals surface area contributed by atoms with E-state index < -0.39 is 0 Å². The van der Waals surface area contributed by atoms with Gasteiger partial charge in [-0.15, -0.1) is 0 Å². The highest BCUT2D eigenvalue weighted by atomic mass is 16.3. The zero-order valence-corrected chi connectivity index (χ0v) is 8.83. The van der Waals surface area contributed by atoms with Crippen LogP contribution in [0.15, 0.2) is 18.2 Å². The van der Waals surface area contributed by atoms with Crippen LogP contribution in [0, 0.1) is 0 Å².